The first-order valence-electron chi connectivity index (χ1n) is 8.08. The second kappa shape index (κ2) is 5.73. The molecule has 1 heterocycles. The van der Waals surface area contributed by atoms with Gasteiger partial charge in [0.1, 0.15) is 11.9 Å². The lowest BCUT2D eigenvalue weighted by atomic mass is 9.91. The van der Waals surface area contributed by atoms with Crippen molar-refractivity contribution in [3.05, 3.63) is 58.1 Å². The van der Waals surface area contributed by atoms with Gasteiger partial charge in [-0.05, 0) is 48.1 Å². The number of hydrogen-bond acceptors (Lipinski definition) is 3. The summed E-state index contributed by atoms with van der Waals surface area (Å²) in [6.45, 7) is 8.26. The number of carbonyl (C=O) groups excluding carboxylic acids is 1. The minimum absolute atomic E-state index is 0.0963. The largest absolute Gasteiger partial charge is 0.484 e. The first-order chi connectivity index (χ1) is 10.9. The number of carbonyl (C=O) groups is 1. The monoisotopic (exact) mass is 309 g/mol. The van der Waals surface area contributed by atoms with Crippen LogP contribution >= 0.6 is 0 Å². The van der Waals surface area contributed by atoms with Gasteiger partial charge < -0.3 is 10.5 Å². The fourth-order valence-electron chi connectivity index (χ4n) is 3.02. The van der Waals surface area contributed by atoms with Gasteiger partial charge in [-0.15, -0.1) is 0 Å². The summed E-state index contributed by atoms with van der Waals surface area (Å²) in [6.07, 6.45) is 0.133. The third-order valence-corrected chi connectivity index (χ3v) is 4.79. The van der Waals surface area contributed by atoms with Crippen molar-refractivity contribution in [2.75, 3.05) is 5.73 Å². The molecule has 3 nitrogen and oxygen atoms in total. The molecule has 1 atom stereocenters. The number of hydrogen-bond donors (Lipinski definition) is 1. The van der Waals surface area contributed by atoms with Crippen molar-refractivity contribution in [3.63, 3.8) is 0 Å². The van der Waals surface area contributed by atoms with E-state index >= 15 is 0 Å². The summed E-state index contributed by atoms with van der Waals surface area (Å²) in [5, 5.41) is 0. The van der Waals surface area contributed by atoms with Crippen molar-refractivity contribution < 1.29 is 9.53 Å². The van der Waals surface area contributed by atoms with E-state index in [9.17, 15) is 4.79 Å². The Labute approximate surface area is 137 Å². The summed E-state index contributed by atoms with van der Waals surface area (Å²) in [5.74, 6) is 1.27. The van der Waals surface area contributed by atoms with E-state index in [4.69, 9.17) is 10.5 Å². The van der Waals surface area contributed by atoms with Gasteiger partial charge in [0.05, 0.1) is 12.0 Å². The molecule has 0 aromatic heterocycles. The summed E-state index contributed by atoms with van der Waals surface area (Å²) in [4.78, 5) is 12.5. The van der Waals surface area contributed by atoms with E-state index < -0.39 is 0 Å². The second-order valence-electron chi connectivity index (χ2n) is 6.65. The molecule has 2 aromatic carbocycles. The first-order valence-corrected chi connectivity index (χ1v) is 8.08. The van der Waals surface area contributed by atoms with Crippen LogP contribution in [0, 0.1) is 13.8 Å². The predicted octanol–water partition coefficient (Wildman–Crippen LogP) is 4.72. The summed E-state index contributed by atoms with van der Waals surface area (Å²) < 4.78 is 6.18. The quantitative estimate of drug-likeness (QED) is 0.817. The maximum atomic E-state index is 12.5. The third-order valence-electron chi connectivity index (χ3n) is 4.79. The Bertz CT molecular complexity index is 760. The Balaban J connectivity index is 1.97. The molecule has 120 valence electrons. The Morgan fingerprint density at radius 3 is 2.39 bits per heavy atom. The summed E-state index contributed by atoms with van der Waals surface area (Å²) in [5.41, 5.74) is 11.5. The first kappa shape index (κ1) is 15.6. The zero-order valence-corrected chi connectivity index (χ0v) is 14.1. The van der Waals surface area contributed by atoms with E-state index in [1.807, 2.05) is 13.8 Å². The molecule has 0 bridgehead atoms. The normalized spacial score (nSPS) is 17.1. The number of fused-ring (bicyclic) bond motifs is 1. The maximum absolute atomic E-state index is 12.5. The average Bonchev–Trinajstić information content (AvgIpc) is 2.53. The van der Waals surface area contributed by atoms with E-state index in [0.29, 0.717) is 29.3 Å². The van der Waals surface area contributed by atoms with Crippen LogP contribution in [0.15, 0.2) is 30.3 Å². The van der Waals surface area contributed by atoms with Gasteiger partial charge in [0.25, 0.3) is 0 Å². The number of rotatable bonds is 2. The Morgan fingerprint density at radius 2 is 1.78 bits per heavy atom. The molecule has 0 amide bonds. The topological polar surface area (TPSA) is 52.3 Å². The number of nitrogen functional groups attached to an aromatic ring is 1. The van der Waals surface area contributed by atoms with Crippen molar-refractivity contribution >= 4 is 11.5 Å². The highest BCUT2D eigenvalue weighted by atomic mass is 16.5. The van der Waals surface area contributed by atoms with Crippen LogP contribution < -0.4 is 10.5 Å². The molecule has 0 saturated heterocycles. The fraction of sp³-hybridized carbons (Fsp3) is 0.350. The van der Waals surface area contributed by atoms with Crippen LogP contribution in [0.4, 0.5) is 5.69 Å². The molecule has 0 radical (unpaired) electrons. The molecule has 0 fully saturated rings. The molecular weight excluding hydrogens is 286 g/mol. The molecule has 1 unspecified atom stereocenters. The third kappa shape index (κ3) is 2.72. The fourth-order valence-corrected chi connectivity index (χ4v) is 3.02. The standard InChI is InChI=1S/C20H23NO2/c1-11(2)14-5-7-15(8-6-14)19-10-18(22)16-9-17(21)12(3)13(4)20(16)23-19/h5-9,11,19H,10,21H2,1-4H3. The lowest BCUT2D eigenvalue weighted by Crippen LogP contribution is -2.22. The number of anilines is 1. The highest BCUT2D eigenvalue weighted by molar-refractivity contribution is 6.01. The van der Waals surface area contributed by atoms with Crippen LogP contribution in [0.1, 0.15) is 64.9 Å². The van der Waals surface area contributed by atoms with E-state index in [2.05, 4.69) is 38.1 Å². The molecule has 0 spiro atoms. The minimum Gasteiger partial charge on any atom is -0.484 e. The second-order valence-corrected chi connectivity index (χ2v) is 6.65. The van der Waals surface area contributed by atoms with Gasteiger partial charge >= 0.3 is 0 Å². The zero-order chi connectivity index (χ0) is 16.7. The van der Waals surface area contributed by atoms with Crippen molar-refractivity contribution in [2.45, 2.75) is 46.1 Å². The van der Waals surface area contributed by atoms with Gasteiger partial charge in [-0.25, -0.2) is 0 Å². The van der Waals surface area contributed by atoms with E-state index in [1.165, 1.54) is 5.56 Å². The molecule has 23 heavy (non-hydrogen) atoms. The SMILES string of the molecule is Cc1c(N)cc2c(c1C)OC(c1ccc(C(C)C)cc1)CC2=O. The smallest absolute Gasteiger partial charge is 0.170 e. The van der Waals surface area contributed by atoms with Gasteiger partial charge in [0.2, 0.25) is 0 Å². The van der Waals surface area contributed by atoms with Crippen LogP contribution in [0.25, 0.3) is 0 Å². The highest BCUT2D eigenvalue weighted by Gasteiger charge is 2.30. The number of benzene rings is 2. The van der Waals surface area contributed by atoms with Crippen molar-refractivity contribution in [1.29, 1.82) is 0 Å². The summed E-state index contributed by atoms with van der Waals surface area (Å²) in [7, 11) is 0. The van der Waals surface area contributed by atoms with Crippen molar-refractivity contribution in [2.24, 2.45) is 0 Å². The number of ketones is 1. The Morgan fingerprint density at radius 1 is 1.13 bits per heavy atom. The van der Waals surface area contributed by atoms with Crippen LogP contribution in [0.5, 0.6) is 5.75 Å². The van der Waals surface area contributed by atoms with Crippen LogP contribution in [-0.2, 0) is 0 Å². The molecule has 3 rings (SSSR count). The summed E-state index contributed by atoms with van der Waals surface area (Å²) >= 11 is 0. The summed E-state index contributed by atoms with van der Waals surface area (Å²) in [6, 6.07) is 10.1. The number of Topliss-reactive ketones (excluding diaryl/α,β-unsaturated/α-hetero) is 1. The minimum atomic E-state index is -0.224. The van der Waals surface area contributed by atoms with Crippen LogP contribution in [-0.4, -0.2) is 5.78 Å². The van der Waals surface area contributed by atoms with E-state index in [0.717, 1.165) is 16.7 Å². The van der Waals surface area contributed by atoms with Gasteiger partial charge in [-0.1, -0.05) is 38.1 Å². The molecule has 0 aliphatic carbocycles. The predicted molar refractivity (Wildman–Crippen MR) is 93.2 cm³/mol. The number of ether oxygens (including phenoxy) is 1. The maximum Gasteiger partial charge on any atom is 0.170 e. The molecule has 2 N–H and O–H groups in total. The van der Waals surface area contributed by atoms with Gasteiger partial charge in [-0.2, -0.15) is 0 Å². The van der Waals surface area contributed by atoms with E-state index in [-0.39, 0.29) is 11.9 Å². The highest BCUT2D eigenvalue weighted by Crippen LogP contribution is 2.40. The molecule has 0 saturated carbocycles. The van der Waals surface area contributed by atoms with Gasteiger partial charge in [0.15, 0.2) is 5.78 Å². The lowest BCUT2D eigenvalue weighted by molar-refractivity contribution is 0.0848. The molecule has 2 aromatic rings. The van der Waals surface area contributed by atoms with Crippen LogP contribution in [0.3, 0.4) is 0 Å². The zero-order valence-electron chi connectivity index (χ0n) is 14.1. The van der Waals surface area contributed by atoms with Gasteiger partial charge in [0, 0.05) is 5.69 Å². The lowest BCUT2D eigenvalue weighted by Gasteiger charge is -2.28. The molecule has 3 heteroatoms. The Hall–Kier alpha value is -2.29. The molecular formula is C20H23NO2. The number of nitrogens with two attached hydrogens (primary N) is 1. The van der Waals surface area contributed by atoms with Crippen molar-refractivity contribution in [1.82, 2.24) is 0 Å². The van der Waals surface area contributed by atoms with E-state index in [1.54, 1.807) is 6.07 Å². The average molecular weight is 309 g/mol. The van der Waals surface area contributed by atoms with Crippen molar-refractivity contribution in [3.8, 4) is 5.75 Å². The van der Waals surface area contributed by atoms with Crippen LogP contribution in [0.2, 0.25) is 0 Å². The van der Waals surface area contributed by atoms with Gasteiger partial charge in [-0.3, -0.25) is 4.79 Å². The molecule has 1 aliphatic rings. The molecule has 1 aliphatic heterocycles. The Kier molecular flexibility index (Phi) is 3.88.